The Morgan fingerprint density at radius 2 is 1.68 bits per heavy atom. The summed E-state index contributed by atoms with van der Waals surface area (Å²) in [6, 6.07) is 11.1. The van der Waals surface area contributed by atoms with Crippen molar-refractivity contribution >= 4 is 15.9 Å². The first kappa shape index (κ1) is 14.4. The zero-order chi connectivity index (χ0) is 14.0. The molecule has 0 fully saturated rings. The molecule has 0 spiro atoms. The van der Waals surface area contributed by atoms with Crippen LogP contribution in [0.15, 0.2) is 39.2 Å². The minimum Gasteiger partial charge on any atom is -0.466 e. The molecule has 0 saturated carbocycles. The van der Waals surface area contributed by atoms with Crippen LogP contribution in [0.5, 0.6) is 0 Å². The van der Waals surface area contributed by atoms with Crippen molar-refractivity contribution in [3.8, 4) is 0 Å². The van der Waals surface area contributed by atoms with Crippen LogP contribution in [0.1, 0.15) is 48.6 Å². The molecule has 0 saturated heterocycles. The van der Waals surface area contributed by atoms with E-state index in [9.17, 15) is 0 Å². The highest BCUT2D eigenvalue weighted by atomic mass is 79.9. The molecule has 2 atom stereocenters. The fourth-order valence-corrected chi connectivity index (χ4v) is 2.66. The van der Waals surface area contributed by atoms with Crippen molar-refractivity contribution in [2.24, 2.45) is 0 Å². The lowest BCUT2D eigenvalue weighted by molar-refractivity contribution is 0.469. The average Bonchev–Trinajstić information content (AvgIpc) is 2.69. The number of nitrogens with one attached hydrogen (secondary N) is 1. The molecule has 1 aromatic carbocycles. The molecule has 0 amide bonds. The molecular formula is C16H20BrNO. The SMILES string of the molecule is Cc1cc(C(C)N[C@H](C)c2ccc(Br)cc2)c(C)o1. The van der Waals surface area contributed by atoms with Crippen molar-refractivity contribution in [3.05, 3.63) is 57.5 Å². The van der Waals surface area contributed by atoms with Gasteiger partial charge in [0.15, 0.2) is 0 Å². The van der Waals surface area contributed by atoms with E-state index in [0.717, 1.165) is 16.0 Å². The third-order valence-corrected chi connectivity index (χ3v) is 3.94. The molecule has 1 N–H and O–H groups in total. The Bertz CT molecular complexity index is 544. The molecular weight excluding hydrogens is 302 g/mol. The Kier molecular flexibility index (Phi) is 4.48. The highest BCUT2D eigenvalue weighted by Gasteiger charge is 2.15. The highest BCUT2D eigenvalue weighted by Crippen LogP contribution is 2.25. The van der Waals surface area contributed by atoms with Crippen LogP contribution in [-0.4, -0.2) is 0 Å². The molecule has 102 valence electrons. The van der Waals surface area contributed by atoms with Crippen molar-refractivity contribution in [1.82, 2.24) is 5.32 Å². The maximum Gasteiger partial charge on any atom is 0.105 e. The maximum absolute atomic E-state index is 5.59. The van der Waals surface area contributed by atoms with Gasteiger partial charge in [0, 0.05) is 22.1 Å². The number of halogens is 1. The van der Waals surface area contributed by atoms with Gasteiger partial charge in [0.05, 0.1) is 0 Å². The number of benzene rings is 1. The predicted molar refractivity (Wildman–Crippen MR) is 82.3 cm³/mol. The van der Waals surface area contributed by atoms with Gasteiger partial charge < -0.3 is 9.73 Å². The van der Waals surface area contributed by atoms with E-state index in [1.807, 2.05) is 13.8 Å². The average molecular weight is 322 g/mol. The van der Waals surface area contributed by atoms with Gasteiger partial charge in [-0.05, 0) is 51.5 Å². The van der Waals surface area contributed by atoms with Crippen molar-refractivity contribution in [1.29, 1.82) is 0 Å². The van der Waals surface area contributed by atoms with Crippen molar-refractivity contribution in [2.45, 2.75) is 39.8 Å². The lowest BCUT2D eigenvalue weighted by atomic mass is 10.0. The molecule has 2 nitrogen and oxygen atoms in total. The Morgan fingerprint density at radius 3 is 2.21 bits per heavy atom. The molecule has 0 bridgehead atoms. The summed E-state index contributed by atoms with van der Waals surface area (Å²) in [6.45, 7) is 8.36. The third kappa shape index (κ3) is 3.48. The monoisotopic (exact) mass is 321 g/mol. The van der Waals surface area contributed by atoms with Gasteiger partial charge in [-0.15, -0.1) is 0 Å². The Morgan fingerprint density at radius 1 is 1.05 bits per heavy atom. The van der Waals surface area contributed by atoms with E-state index in [1.165, 1.54) is 11.1 Å². The topological polar surface area (TPSA) is 25.2 Å². The van der Waals surface area contributed by atoms with E-state index in [2.05, 4.69) is 65.4 Å². The number of hydrogen-bond donors (Lipinski definition) is 1. The molecule has 2 aromatic rings. The zero-order valence-corrected chi connectivity index (χ0v) is 13.4. The van der Waals surface area contributed by atoms with E-state index >= 15 is 0 Å². The fourth-order valence-electron chi connectivity index (χ4n) is 2.39. The fraction of sp³-hybridized carbons (Fsp3) is 0.375. The second kappa shape index (κ2) is 5.93. The van der Waals surface area contributed by atoms with Crippen molar-refractivity contribution < 1.29 is 4.42 Å². The lowest BCUT2D eigenvalue weighted by Gasteiger charge is -2.20. The van der Waals surface area contributed by atoms with E-state index < -0.39 is 0 Å². The van der Waals surface area contributed by atoms with E-state index in [0.29, 0.717) is 6.04 Å². The van der Waals surface area contributed by atoms with Gasteiger partial charge in [-0.25, -0.2) is 0 Å². The molecule has 1 aromatic heterocycles. The Labute approximate surface area is 123 Å². The van der Waals surface area contributed by atoms with Crippen LogP contribution >= 0.6 is 15.9 Å². The van der Waals surface area contributed by atoms with Crippen LogP contribution in [0.25, 0.3) is 0 Å². The molecule has 19 heavy (non-hydrogen) atoms. The van der Waals surface area contributed by atoms with Gasteiger partial charge in [0.25, 0.3) is 0 Å². The zero-order valence-electron chi connectivity index (χ0n) is 11.8. The van der Waals surface area contributed by atoms with Gasteiger partial charge in [-0.3, -0.25) is 0 Å². The predicted octanol–water partition coefficient (Wildman–Crippen LogP) is 5.07. The Balaban J connectivity index is 2.08. The minimum atomic E-state index is 0.274. The summed E-state index contributed by atoms with van der Waals surface area (Å²) in [5.74, 6) is 1.97. The Hall–Kier alpha value is -1.06. The van der Waals surface area contributed by atoms with E-state index in [1.54, 1.807) is 0 Å². The molecule has 2 rings (SSSR count). The summed E-state index contributed by atoms with van der Waals surface area (Å²) in [5.41, 5.74) is 2.52. The second-order valence-corrected chi connectivity index (χ2v) is 5.95. The van der Waals surface area contributed by atoms with Crippen LogP contribution in [0.3, 0.4) is 0 Å². The van der Waals surface area contributed by atoms with Crippen LogP contribution in [0.2, 0.25) is 0 Å². The molecule has 1 unspecified atom stereocenters. The smallest absolute Gasteiger partial charge is 0.105 e. The van der Waals surface area contributed by atoms with Crippen LogP contribution < -0.4 is 5.32 Å². The number of hydrogen-bond acceptors (Lipinski definition) is 2. The molecule has 0 aliphatic carbocycles. The summed E-state index contributed by atoms with van der Waals surface area (Å²) in [5, 5.41) is 3.61. The highest BCUT2D eigenvalue weighted by molar-refractivity contribution is 9.10. The first-order valence-corrected chi connectivity index (χ1v) is 7.35. The third-order valence-electron chi connectivity index (χ3n) is 3.42. The van der Waals surface area contributed by atoms with Crippen LogP contribution in [-0.2, 0) is 0 Å². The lowest BCUT2D eigenvalue weighted by Crippen LogP contribution is -2.22. The maximum atomic E-state index is 5.59. The minimum absolute atomic E-state index is 0.274. The summed E-state index contributed by atoms with van der Waals surface area (Å²) in [6.07, 6.45) is 0. The van der Waals surface area contributed by atoms with E-state index in [-0.39, 0.29) is 6.04 Å². The molecule has 0 aliphatic heterocycles. The molecule has 0 aliphatic rings. The number of rotatable bonds is 4. The first-order valence-electron chi connectivity index (χ1n) is 6.56. The van der Waals surface area contributed by atoms with Gasteiger partial charge in [-0.2, -0.15) is 0 Å². The van der Waals surface area contributed by atoms with Gasteiger partial charge in [-0.1, -0.05) is 28.1 Å². The summed E-state index contributed by atoms with van der Waals surface area (Å²) < 4.78 is 6.70. The van der Waals surface area contributed by atoms with Crippen molar-refractivity contribution in [3.63, 3.8) is 0 Å². The molecule has 1 heterocycles. The summed E-state index contributed by atoms with van der Waals surface area (Å²) >= 11 is 3.46. The quantitative estimate of drug-likeness (QED) is 0.850. The van der Waals surface area contributed by atoms with Crippen LogP contribution in [0, 0.1) is 13.8 Å². The summed E-state index contributed by atoms with van der Waals surface area (Å²) in [7, 11) is 0. The van der Waals surface area contributed by atoms with E-state index in [4.69, 9.17) is 4.42 Å². The first-order chi connectivity index (χ1) is 8.97. The summed E-state index contributed by atoms with van der Waals surface area (Å²) in [4.78, 5) is 0. The van der Waals surface area contributed by atoms with Crippen molar-refractivity contribution in [2.75, 3.05) is 0 Å². The van der Waals surface area contributed by atoms with Gasteiger partial charge in [0.1, 0.15) is 11.5 Å². The normalized spacial score (nSPS) is 14.4. The number of furan rings is 1. The molecule has 3 heteroatoms. The number of aryl methyl sites for hydroxylation is 2. The largest absolute Gasteiger partial charge is 0.466 e. The van der Waals surface area contributed by atoms with Gasteiger partial charge in [0.2, 0.25) is 0 Å². The van der Waals surface area contributed by atoms with Gasteiger partial charge >= 0.3 is 0 Å². The van der Waals surface area contributed by atoms with Crippen LogP contribution in [0.4, 0.5) is 0 Å². The molecule has 0 radical (unpaired) electrons. The second-order valence-electron chi connectivity index (χ2n) is 5.03. The standard InChI is InChI=1S/C16H20BrNO/c1-10-9-16(13(4)19-10)12(3)18-11(2)14-5-7-15(17)8-6-14/h5-9,11-12,18H,1-4H3/t11-,12?/m1/s1.